The summed E-state index contributed by atoms with van der Waals surface area (Å²) in [5.41, 5.74) is 7.21. The van der Waals surface area contributed by atoms with Crippen LogP contribution in [0, 0.1) is 5.92 Å². The van der Waals surface area contributed by atoms with E-state index in [1.165, 1.54) is 0 Å². The minimum atomic E-state index is 0. The number of rotatable bonds is 5. The molecule has 1 unspecified atom stereocenters. The number of benzene rings is 1. The van der Waals surface area contributed by atoms with Gasteiger partial charge in [0.05, 0.1) is 20.3 Å². The molecule has 140 valence electrons. The van der Waals surface area contributed by atoms with E-state index in [0.29, 0.717) is 12.3 Å². The number of methoxy groups -OCH3 is 2. The lowest BCUT2D eigenvalue weighted by molar-refractivity contribution is -0.133. The van der Waals surface area contributed by atoms with Crippen molar-refractivity contribution >= 4 is 18.3 Å². The molecule has 5 nitrogen and oxygen atoms in total. The van der Waals surface area contributed by atoms with E-state index in [2.05, 4.69) is 0 Å². The number of nitrogens with two attached hydrogens (primary N) is 1. The molecule has 3 atom stereocenters. The van der Waals surface area contributed by atoms with Gasteiger partial charge in [0.15, 0.2) is 0 Å². The van der Waals surface area contributed by atoms with Gasteiger partial charge in [0, 0.05) is 30.6 Å². The predicted molar refractivity (Wildman–Crippen MR) is 100 cm³/mol. The molecule has 0 bridgehead atoms. The molecule has 2 N–H and O–H groups in total. The van der Waals surface area contributed by atoms with E-state index in [0.717, 1.165) is 55.7 Å². The van der Waals surface area contributed by atoms with Crippen molar-refractivity contribution in [1.29, 1.82) is 0 Å². The van der Waals surface area contributed by atoms with Crippen LogP contribution in [0.2, 0.25) is 0 Å². The highest BCUT2D eigenvalue weighted by molar-refractivity contribution is 5.85. The lowest BCUT2D eigenvalue weighted by Crippen LogP contribution is -2.35. The summed E-state index contributed by atoms with van der Waals surface area (Å²) in [5, 5.41) is 0. The van der Waals surface area contributed by atoms with Crippen LogP contribution in [0.3, 0.4) is 0 Å². The van der Waals surface area contributed by atoms with Crippen molar-refractivity contribution in [3.05, 3.63) is 23.8 Å². The number of amides is 1. The van der Waals surface area contributed by atoms with Gasteiger partial charge in [0.25, 0.3) is 0 Å². The zero-order valence-electron chi connectivity index (χ0n) is 15.1. The Morgan fingerprint density at radius 3 is 2.64 bits per heavy atom. The molecule has 1 aromatic carbocycles. The maximum atomic E-state index is 12.9. The van der Waals surface area contributed by atoms with Crippen LogP contribution in [-0.4, -0.2) is 37.6 Å². The molecule has 6 heteroatoms. The van der Waals surface area contributed by atoms with E-state index in [1.807, 2.05) is 23.1 Å². The first kappa shape index (κ1) is 19.9. The largest absolute Gasteiger partial charge is 0.497 e. The van der Waals surface area contributed by atoms with Gasteiger partial charge in [-0.05, 0) is 43.7 Å². The van der Waals surface area contributed by atoms with Gasteiger partial charge in [-0.3, -0.25) is 4.79 Å². The minimum Gasteiger partial charge on any atom is -0.497 e. The first-order valence-corrected chi connectivity index (χ1v) is 8.91. The number of hydrogen-bond donors (Lipinski definition) is 1. The van der Waals surface area contributed by atoms with Crippen LogP contribution >= 0.6 is 12.4 Å². The number of nitrogens with zero attached hydrogens (tertiary/aromatic N) is 1. The van der Waals surface area contributed by atoms with Gasteiger partial charge >= 0.3 is 0 Å². The van der Waals surface area contributed by atoms with Gasteiger partial charge in [0.2, 0.25) is 5.91 Å². The van der Waals surface area contributed by atoms with E-state index >= 15 is 0 Å². The second kappa shape index (κ2) is 8.77. The smallest absolute Gasteiger partial charge is 0.223 e. The third-order valence-electron chi connectivity index (χ3n) is 5.53. The van der Waals surface area contributed by atoms with Gasteiger partial charge in [-0.25, -0.2) is 0 Å². The van der Waals surface area contributed by atoms with E-state index in [4.69, 9.17) is 15.2 Å². The number of carbonyl (C=O) groups is 1. The van der Waals surface area contributed by atoms with Crippen LogP contribution in [0.25, 0.3) is 0 Å². The normalized spacial score (nSPS) is 25.6. The molecular weight excluding hydrogens is 340 g/mol. The van der Waals surface area contributed by atoms with Gasteiger partial charge < -0.3 is 20.1 Å². The second-order valence-corrected chi connectivity index (χ2v) is 6.91. The number of hydrogen-bond acceptors (Lipinski definition) is 4. The Morgan fingerprint density at radius 1 is 1.20 bits per heavy atom. The minimum absolute atomic E-state index is 0. The lowest BCUT2D eigenvalue weighted by Gasteiger charge is -2.28. The molecule has 1 saturated heterocycles. The standard InChI is InChI=1S/C19H28N2O3.ClH/c1-23-14-8-9-15(18(12-14)24-2)17-7-4-10-21(17)19(22)11-13-5-3-6-16(13)20;/h8-9,12-13,16-17H,3-7,10-11,20H2,1-2H3;1H/t13-,16+,17?;/m0./s1. The number of carbonyl (C=O) groups excluding carboxylic acids is 1. The molecule has 1 heterocycles. The molecule has 3 rings (SSSR count). The van der Waals surface area contributed by atoms with Crippen LogP contribution in [0.15, 0.2) is 18.2 Å². The average molecular weight is 369 g/mol. The fraction of sp³-hybridized carbons (Fsp3) is 0.632. The quantitative estimate of drug-likeness (QED) is 0.865. The lowest BCUT2D eigenvalue weighted by atomic mass is 9.98. The summed E-state index contributed by atoms with van der Waals surface area (Å²) in [5.74, 6) is 2.13. The maximum Gasteiger partial charge on any atom is 0.223 e. The monoisotopic (exact) mass is 368 g/mol. The number of halogens is 1. The maximum absolute atomic E-state index is 12.9. The van der Waals surface area contributed by atoms with E-state index < -0.39 is 0 Å². The Hall–Kier alpha value is -1.46. The fourth-order valence-corrected chi connectivity index (χ4v) is 4.14. The van der Waals surface area contributed by atoms with E-state index in [1.54, 1.807) is 14.2 Å². The summed E-state index contributed by atoms with van der Waals surface area (Å²) in [6.07, 6.45) is 5.86. The highest BCUT2D eigenvalue weighted by Gasteiger charge is 2.34. The number of likely N-dealkylation sites (tertiary alicyclic amines) is 1. The van der Waals surface area contributed by atoms with Gasteiger partial charge in [0.1, 0.15) is 11.5 Å². The summed E-state index contributed by atoms with van der Waals surface area (Å²) >= 11 is 0. The van der Waals surface area contributed by atoms with E-state index in [9.17, 15) is 4.79 Å². The molecule has 1 saturated carbocycles. The van der Waals surface area contributed by atoms with Crippen LogP contribution in [0.1, 0.15) is 50.1 Å². The molecule has 0 aromatic heterocycles. The zero-order chi connectivity index (χ0) is 17.1. The fourth-order valence-electron chi connectivity index (χ4n) is 4.14. The first-order valence-electron chi connectivity index (χ1n) is 8.91. The van der Waals surface area contributed by atoms with Crippen molar-refractivity contribution < 1.29 is 14.3 Å². The highest BCUT2D eigenvalue weighted by atomic mass is 35.5. The Kier molecular flexibility index (Phi) is 6.96. The molecule has 2 fully saturated rings. The van der Waals surface area contributed by atoms with Crippen molar-refractivity contribution in [3.8, 4) is 11.5 Å². The highest BCUT2D eigenvalue weighted by Crippen LogP contribution is 2.39. The molecule has 1 aliphatic carbocycles. The van der Waals surface area contributed by atoms with Crippen molar-refractivity contribution in [3.63, 3.8) is 0 Å². The molecule has 1 aromatic rings. The molecule has 1 amide bonds. The summed E-state index contributed by atoms with van der Waals surface area (Å²) in [6.45, 7) is 0.820. The molecule has 1 aliphatic heterocycles. The van der Waals surface area contributed by atoms with Crippen molar-refractivity contribution in [1.82, 2.24) is 4.90 Å². The third kappa shape index (κ3) is 4.21. The molecule has 0 radical (unpaired) electrons. The van der Waals surface area contributed by atoms with E-state index in [-0.39, 0.29) is 30.4 Å². The van der Waals surface area contributed by atoms with Crippen LogP contribution in [0.5, 0.6) is 11.5 Å². The number of ether oxygens (including phenoxy) is 2. The molecule has 0 spiro atoms. The summed E-state index contributed by atoms with van der Waals surface area (Å²) < 4.78 is 10.8. The molecular formula is C19H29ClN2O3. The molecule has 25 heavy (non-hydrogen) atoms. The van der Waals surface area contributed by atoms with Crippen LogP contribution < -0.4 is 15.2 Å². The second-order valence-electron chi connectivity index (χ2n) is 6.91. The third-order valence-corrected chi connectivity index (χ3v) is 5.53. The zero-order valence-corrected chi connectivity index (χ0v) is 15.9. The van der Waals surface area contributed by atoms with Gasteiger partial charge in [-0.15, -0.1) is 12.4 Å². The predicted octanol–water partition coefficient (Wildman–Crippen LogP) is 3.31. The van der Waals surface area contributed by atoms with Crippen LogP contribution in [-0.2, 0) is 4.79 Å². The summed E-state index contributed by atoms with van der Waals surface area (Å²) in [7, 11) is 3.31. The Labute approximate surface area is 156 Å². The molecule has 2 aliphatic rings. The Morgan fingerprint density at radius 2 is 2.00 bits per heavy atom. The SMILES string of the molecule is COc1ccc(C2CCCN2C(=O)C[C@@H]2CCC[C@H]2N)c(OC)c1.Cl. The topological polar surface area (TPSA) is 64.8 Å². The summed E-state index contributed by atoms with van der Waals surface area (Å²) in [6, 6.07) is 6.13. The Balaban J connectivity index is 0.00000225. The van der Waals surface area contributed by atoms with Crippen molar-refractivity contribution in [2.75, 3.05) is 20.8 Å². The van der Waals surface area contributed by atoms with Gasteiger partial charge in [-0.2, -0.15) is 0 Å². The summed E-state index contributed by atoms with van der Waals surface area (Å²) in [4.78, 5) is 14.9. The van der Waals surface area contributed by atoms with Crippen LogP contribution in [0.4, 0.5) is 0 Å². The average Bonchev–Trinajstić information content (AvgIpc) is 3.23. The van der Waals surface area contributed by atoms with Gasteiger partial charge in [-0.1, -0.05) is 6.42 Å². The van der Waals surface area contributed by atoms with Crippen molar-refractivity contribution in [2.45, 2.75) is 50.6 Å². The Bertz CT molecular complexity index is 596. The first-order chi connectivity index (χ1) is 11.6. The van der Waals surface area contributed by atoms with Crippen molar-refractivity contribution in [2.24, 2.45) is 11.7 Å².